The average molecular weight is 362 g/mol. The lowest BCUT2D eigenvalue weighted by Gasteiger charge is -2.31. The molecule has 2 aromatic rings. The number of hydrogen-bond acceptors (Lipinski definition) is 4. The number of aromatic nitrogens is 2. The SMILES string of the molecule is CCOC(=O)C1CCCN(C(=O)c2cc(-c3cccc(Cl)c3)n[nH]2)C1. The molecule has 1 amide bonds. The van der Waals surface area contributed by atoms with E-state index < -0.39 is 0 Å². The molecule has 1 aromatic carbocycles. The zero-order valence-corrected chi connectivity index (χ0v) is 14.8. The molecular formula is C18H20ClN3O3. The molecule has 1 saturated heterocycles. The number of esters is 1. The summed E-state index contributed by atoms with van der Waals surface area (Å²) in [7, 11) is 0. The van der Waals surface area contributed by atoms with Crippen molar-refractivity contribution in [2.24, 2.45) is 5.92 Å². The third-order valence-electron chi connectivity index (χ3n) is 4.26. The highest BCUT2D eigenvalue weighted by molar-refractivity contribution is 6.30. The quantitative estimate of drug-likeness (QED) is 0.849. The van der Waals surface area contributed by atoms with E-state index in [1.807, 2.05) is 12.1 Å². The molecule has 0 spiro atoms. The lowest BCUT2D eigenvalue weighted by atomic mass is 9.98. The van der Waals surface area contributed by atoms with Crippen molar-refractivity contribution in [1.82, 2.24) is 15.1 Å². The van der Waals surface area contributed by atoms with Crippen LogP contribution >= 0.6 is 11.6 Å². The van der Waals surface area contributed by atoms with Gasteiger partial charge in [-0.3, -0.25) is 14.7 Å². The predicted molar refractivity (Wildman–Crippen MR) is 94.3 cm³/mol. The summed E-state index contributed by atoms with van der Waals surface area (Å²) in [6.45, 7) is 3.14. The number of hydrogen-bond donors (Lipinski definition) is 1. The first kappa shape index (κ1) is 17.5. The number of halogens is 1. The van der Waals surface area contributed by atoms with Gasteiger partial charge in [-0.25, -0.2) is 0 Å². The highest BCUT2D eigenvalue weighted by atomic mass is 35.5. The summed E-state index contributed by atoms with van der Waals surface area (Å²) in [6, 6.07) is 9.01. The predicted octanol–water partition coefficient (Wildman–Crippen LogP) is 3.15. The second kappa shape index (κ2) is 7.70. The first-order chi connectivity index (χ1) is 12.1. The molecule has 1 aromatic heterocycles. The number of likely N-dealkylation sites (tertiary alicyclic amines) is 1. The Morgan fingerprint density at radius 1 is 1.40 bits per heavy atom. The number of rotatable bonds is 4. The van der Waals surface area contributed by atoms with Crippen molar-refractivity contribution in [1.29, 1.82) is 0 Å². The number of carbonyl (C=O) groups excluding carboxylic acids is 2. The zero-order valence-electron chi connectivity index (χ0n) is 14.0. The van der Waals surface area contributed by atoms with Gasteiger partial charge in [-0.2, -0.15) is 5.10 Å². The van der Waals surface area contributed by atoms with Gasteiger partial charge in [0.2, 0.25) is 0 Å². The Kier molecular flexibility index (Phi) is 5.38. The van der Waals surface area contributed by atoms with Crippen LogP contribution in [0.25, 0.3) is 11.3 Å². The van der Waals surface area contributed by atoms with Gasteiger partial charge in [-0.15, -0.1) is 0 Å². The maximum atomic E-state index is 12.7. The van der Waals surface area contributed by atoms with Crippen LogP contribution in [0.3, 0.4) is 0 Å². The average Bonchev–Trinajstić information content (AvgIpc) is 3.11. The molecule has 6 nitrogen and oxygen atoms in total. The Morgan fingerprint density at radius 3 is 3.00 bits per heavy atom. The topological polar surface area (TPSA) is 75.3 Å². The van der Waals surface area contributed by atoms with E-state index in [1.165, 1.54) is 0 Å². The third-order valence-corrected chi connectivity index (χ3v) is 4.49. The smallest absolute Gasteiger partial charge is 0.310 e. The van der Waals surface area contributed by atoms with Crippen LogP contribution in [0, 0.1) is 5.92 Å². The largest absolute Gasteiger partial charge is 0.466 e. The summed E-state index contributed by atoms with van der Waals surface area (Å²) in [6.07, 6.45) is 1.53. The molecule has 1 unspecified atom stereocenters. The van der Waals surface area contributed by atoms with Crippen LogP contribution in [0.1, 0.15) is 30.3 Å². The van der Waals surface area contributed by atoms with E-state index in [4.69, 9.17) is 16.3 Å². The molecule has 1 N–H and O–H groups in total. The van der Waals surface area contributed by atoms with Crippen molar-refractivity contribution in [2.45, 2.75) is 19.8 Å². The normalized spacial score (nSPS) is 17.4. The molecule has 1 aliphatic heterocycles. The Hall–Kier alpha value is -2.34. The van der Waals surface area contributed by atoms with Crippen LogP contribution in [0.5, 0.6) is 0 Å². The van der Waals surface area contributed by atoms with E-state index in [0.717, 1.165) is 18.4 Å². The minimum atomic E-state index is -0.257. The molecule has 2 heterocycles. The van der Waals surface area contributed by atoms with Crippen molar-refractivity contribution >= 4 is 23.5 Å². The molecule has 3 rings (SSSR count). The van der Waals surface area contributed by atoms with Crippen molar-refractivity contribution in [2.75, 3.05) is 19.7 Å². The molecule has 0 saturated carbocycles. The van der Waals surface area contributed by atoms with Gasteiger partial charge in [0, 0.05) is 23.7 Å². The maximum absolute atomic E-state index is 12.7. The van der Waals surface area contributed by atoms with Gasteiger partial charge < -0.3 is 9.64 Å². The van der Waals surface area contributed by atoms with Gasteiger partial charge >= 0.3 is 5.97 Å². The molecule has 1 atom stereocenters. The second-order valence-electron chi connectivity index (χ2n) is 6.02. The maximum Gasteiger partial charge on any atom is 0.310 e. The Bertz CT molecular complexity index is 774. The summed E-state index contributed by atoms with van der Waals surface area (Å²) < 4.78 is 5.08. The van der Waals surface area contributed by atoms with Crippen molar-refractivity contribution in [3.05, 3.63) is 41.0 Å². The molecule has 1 aliphatic rings. The first-order valence-corrected chi connectivity index (χ1v) is 8.73. The van der Waals surface area contributed by atoms with Crippen LogP contribution < -0.4 is 0 Å². The van der Waals surface area contributed by atoms with Gasteiger partial charge in [0.15, 0.2) is 0 Å². The number of benzene rings is 1. The number of aromatic amines is 1. The van der Waals surface area contributed by atoms with Crippen LogP contribution in [-0.2, 0) is 9.53 Å². The summed E-state index contributed by atoms with van der Waals surface area (Å²) in [5.74, 6) is -0.646. The van der Waals surface area contributed by atoms with Gasteiger partial charge in [-0.05, 0) is 38.0 Å². The molecule has 0 aliphatic carbocycles. The fourth-order valence-corrected chi connectivity index (χ4v) is 3.20. The van der Waals surface area contributed by atoms with Gasteiger partial charge in [0.25, 0.3) is 5.91 Å². The molecule has 7 heteroatoms. The van der Waals surface area contributed by atoms with E-state index >= 15 is 0 Å². The number of H-pyrrole nitrogens is 1. The van der Waals surface area contributed by atoms with Crippen molar-refractivity contribution in [3.8, 4) is 11.3 Å². The number of amides is 1. The van der Waals surface area contributed by atoms with E-state index in [2.05, 4.69) is 10.2 Å². The number of nitrogens with one attached hydrogen (secondary N) is 1. The summed E-state index contributed by atoms with van der Waals surface area (Å²) in [5.41, 5.74) is 1.90. The number of piperidine rings is 1. The molecule has 1 fully saturated rings. The zero-order chi connectivity index (χ0) is 17.8. The van der Waals surface area contributed by atoms with Gasteiger partial charge in [0.1, 0.15) is 5.69 Å². The molecule has 25 heavy (non-hydrogen) atoms. The van der Waals surface area contributed by atoms with Crippen LogP contribution in [0.2, 0.25) is 5.02 Å². The minimum Gasteiger partial charge on any atom is -0.466 e. The summed E-state index contributed by atoms with van der Waals surface area (Å²) in [4.78, 5) is 26.3. The molecule has 132 valence electrons. The number of nitrogens with zero attached hydrogens (tertiary/aromatic N) is 2. The number of carbonyl (C=O) groups is 2. The highest BCUT2D eigenvalue weighted by Crippen LogP contribution is 2.23. The molecular weight excluding hydrogens is 342 g/mol. The summed E-state index contributed by atoms with van der Waals surface area (Å²) in [5, 5.41) is 7.61. The monoisotopic (exact) mass is 361 g/mol. The number of ether oxygens (including phenoxy) is 1. The van der Waals surface area contributed by atoms with Crippen LogP contribution in [-0.4, -0.2) is 46.7 Å². The second-order valence-corrected chi connectivity index (χ2v) is 6.46. The third kappa shape index (κ3) is 4.02. The van der Waals surface area contributed by atoms with Crippen LogP contribution in [0.4, 0.5) is 0 Å². The van der Waals surface area contributed by atoms with E-state index in [1.54, 1.807) is 30.0 Å². The van der Waals surface area contributed by atoms with Gasteiger partial charge in [0.05, 0.1) is 18.2 Å². The molecule has 0 bridgehead atoms. The Morgan fingerprint density at radius 2 is 2.24 bits per heavy atom. The molecule has 0 radical (unpaired) electrons. The van der Waals surface area contributed by atoms with E-state index in [9.17, 15) is 9.59 Å². The lowest BCUT2D eigenvalue weighted by molar-refractivity contribution is -0.149. The van der Waals surface area contributed by atoms with E-state index in [0.29, 0.717) is 36.1 Å². The Balaban J connectivity index is 1.72. The highest BCUT2D eigenvalue weighted by Gasteiger charge is 2.30. The lowest BCUT2D eigenvalue weighted by Crippen LogP contribution is -2.43. The fourth-order valence-electron chi connectivity index (χ4n) is 3.01. The standard InChI is InChI=1S/C18H20ClN3O3/c1-2-25-18(24)13-6-4-8-22(11-13)17(23)16-10-15(20-21-16)12-5-3-7-14(19)9-12/h3,5,7,9-10,13H,2,4,6,8,11H2,1H3,(H,20,21). The first-order valence-electron chi connectivity index (χ1n) is 8.35. The van der Waals surface area contributed by atoms with Crippen molar-refractivity contribution < 1.29 is 14.3 Å². The van der Waals surface area contributed by atoms with Gasteiger partial charge in [-0.1, -0.05) is 23.7 Å². The van der Waals surface area contributed by atoms with E-state index in [-0.39, 0.29) is 17.8 Å². The van der Waals surface area contributed by atoms with Crippen molar-refractivity contribution in [3.63, 3.8) is 0 Å². The Labute approximate surface area is 151 Å². The minimum absolute atomic E-state index is 0.158. The van der Waals surface area contributed by atoms with Crippen LogP contribution in [0.15, 0.2) is 30.3 Å². The summed E-state index contributed by atoms with van der Waals surface area (Å²) >= 11 is 6.00. The fraction of sp³-hybridized carbons (Fsp3) is 0.389.